The highest BCUT2D eigenvalue weighted by molar-refractivity contribution is 5.93. The van der Waals surface area contributed by atoms with Gasteiger partial charge in [-0.25, -0.2) is 4.98 Å². The lowest BCUT2D eigenvalue weighted by Crippen LogP contribution is -2.23. The maximum atomic E-state index is 11.8. The third-order valence-corrected chi connectivity index (χ3v) is 3.18. The number of nitrogens with one attached hydrogen (secondary N) is 1. The van der Waals surface area contributed by atoms with E-state index in [0.29, 0.717) is 17.9 Å². The van der Waals surface area contributed by atoms with Gasteiger partial charge in [-0.3, -0.25) is 4.79 Å². The van der Waals surface area contributed by atoms with Gasteiger partial charge in [0.15, 0.2) is 0 Å². The first-order valence-corrected chi connectivity index (χ1v) is 6.81. The van der Waals surface area contributed by atoms with Crippen LogP contribution in [0.2, 0.25) is 0 Å². The zero-order valence-electron chi connectivity index (χ0n) is 12.3. The summed E-state index contributed by atoms with van der Waals surface area (Å²) in [5, 5.41) is 3.28. The van der Waals surface area contributed by atoms with E-state index < -0.39 is 0 Å². The second-order valence-corrected chi connectivity index (χ2v) is 4.98. The molecule has 0 aliphatic carbocycles. The Kier molecular flexibility index (Phi) is 4.90. The van der Waals surface area contributed by atoms with Crippen molar-refractivity contribution in [3.63, 3.8) is 0 Å². The van der Waals surface area contributed by atoms with Crippen LogP contribution >= 0.6 is 0 Å². The molecule has 0 aliphatic heterocycles. The second kappa shape index (κ2) is 6.85. The van der Waals surface area contributed by atoms with E-state index in [0.717, 1.165) is 5.56 Å². The van der Waals surface area contributed by atoms with Crippen molar-refractivity contribution in [1.29, 1.82) is 0 Å². The first kappa shape index (κ1) is 15.0. The number of hydrogen-bond donors (Lipinski definition) is 2. The van der Waals surface area contributed by atoms with Crippen LogP contribution < -0.4 is 11.1 Å². The number of carbonyl (C=O) groups excluding carboxylic acids is 1. The minimum atomic E-state index is -0.0625. The predicted octanol–water partition coefficient (Wildman–Crippen LogP) is 1.90. The molecule has 5 nitrogen and oxygen atoms in total. The molecule has 5 heteroatoms. The van der Waals surface area contributed by atoms with Crippen LogP contribution in [0.15, 0.2) is 48.7 Å². The van der Waals surface area contributed by atoms with Gasteiger partial charge in [-0.05, 0) is 17.7 Å². The standard InChI is InChI=1S/C16H20N4O/c1-20(2)16(21)13-8-9-15(18-11-13)19-14(10-17)12-6-4-3-5-7-12/h3-9,11,14H,10,17H2,1-2H3,(H,18,19). The first-order chi connectivity index (χ1) is 10.1. The number of pyridine rings is 1. The lowest BCUT2D eigenvalue weighted by atomic mass is 10.1. The van der Waals surface area contributed by atoms with Crippen molar-refractivity contribution < 1.29 is 4.79 Å². The predicted molar refractivity (Wildman–Crippen MR) is 84.1 cm³/mol. The molecular weight excluding hydrogens is 264 g/mol. The smallest absolute Gasteiger partial charge is 0.254 e. The van der Waals surface area contributed by atoms with Gasteiger partial charge in [-0.15, -0.1) is 0 Å². The fraction of sp³-hybridized carbons (Fsp3) is 0.250. The molecule has 0 spiro atoms. The van der Waals surface area contributed by atoms with Crippen LogP contribution in [0.1, 0.15) is 22.0 Å². The molecule has 1 heterocycles. The molecule has 0 bridgehead atoms. The summed E-state index contributed by atoms with van der Waals surface area (Å²) >= 11 is 0. The number of rotatable bonds is 5. The van der Waals surface area contributed by atoms with Gasteiger partial charge in [0.2, 0.25) is 0 Å². The Bertz CT molecular complexity index is 581. The van der Waals surface area contributed by atoms with E-state index in [1.807, 2.05) is 30.3 Å². The van der Waals surface area contributed by atoms with Gasteiger partial charge >= 0.3 is 0 Å². The van der Waals surface area contributed by atoms with Crippen molar-refractivity contribution in [2.45, 2.75) is 6.04 Å². The number of nitrogens with two attached hydrogens (primary N) is 1. The van der Waals surface area contributed by atoms with Crippen molar-refractivity contribution in [2.24, 2.45) is 5.73 Å². The fourth-order valence-electron chi connectivity index (χ4n) is 2.01. The van der Waals surface area contributed by atoms with Gasteiger partial charge in [-0.1, -0.05) is 30.3 Å². The van der Waals surface area contributed by atoms with E-state index >= 15 is 0 Å². The molecule has 110 valence electrons. The van der Waals surface area contributed by atoms with Gasteiger partial charge in [0, 0.05) is 26.8 Å². The van der Waals surface area contributed by atoms with Crippen LogP contribution in [0.4, 0.5) is 5.82 Å². The number of benzene rings is 1. The summed E-state index contributed by atoms with van der Waals surface area (Å²) in [6.07, 6.45) is 1.57. The largest absolute Gasteiger partial charge is 0.362 e. The van der Waals surface area contributed by atoms with Crippen molar-refractivity contribution in [1.82, 2.24) is 9.88 Å². The normalized spacial score (nSPS) is 11.8. The molecule has 3 N–H and O–H groups in total. The Hall–Kier alpha value is -2.40. The van der Waals surface area contributed by atoms with E-state index in [4.69, 9.17) is 5.73 Å². The lowest BCUT2D eigenvalue weighted by Gasteiger charge is -2.18. The van der Waals surface area contributed by atoms with Gasteiger partial charge in [0.25, 0.3) is 5.91 Å². The Labute approximate surface area is 124 Å². The SMILES string of the molecule is CN(C)C(=O)c1ccc(NC(CN)c2ccccc2)nc1. The molecule has 0 saturated heterocycles. The monoisotopic (exact) mass is 284 g/mol. The van der Waals surface area contributed by atoms with E-state index in [1.54, 1.807) is 32.4 Å². The Balaban J connectivity index is 2.10. The minimum absolute atomic E-state index is 0.00546. The zero-order valence-corrected chi connectivity index (χ0v) is 12.3. The summed E-state index contributed by atoms with van der Waals surface area (Å²) < 4.78 is 0. The van der Waals surface area contributed by atoms with E-state index in [9.17, 15) is 4.79 Å². The van der Waals surface area contributed by atoms with Crippen molar-refractivity contribution in [3.05, 3.63) is 59.8 Å². The third-order valence-electron chi connectivity index (χ3n) is 3.18. The van der Waals surface area contributed by atoms with Crippen molar-refractivity contribution >= 4 is 11.7 Å². The molecule has 1 aromatic heterocycles. The van der Waals surface area contributed by atoms with Crippen LogP contribution in [-0.2, 0) is 0 Å². The lowest BCUT2D eigenvalue weighted by molar-refractivity contribution is 0.0827. The van der Waals surface area contributed by atoms with Gasteiger partial charge in [-0.2, -0.15) is 0 Å². The Morgan fingerprint density at radius 1 is 1.24 bits per heavy atom. The van der Waals surface area contributed by atoms with E-state index in [-0.39, 0.29) is 11.9 Å². The molecule has 1 aromatic carbocycles. The maximum Gasteiger partial charge on any atom is 0.254 e. The summed E-state index contributed by atoms with van der Waals surface area (Å²) in [6, 6.07) is 13.5. The Morgan fingerprint density at radius 2 is 1.95 bits per heavy atom. The van der Waals surface area contributed by atoms with Gasteiger partial charge < -0.3 is 16.0 Å². The number of amides is 1. The van der Waals surface area contributed by atoms with Crippen molar-refractivity contribution in [2.75, 3.05) is 26.0 Å². The molecule has 0 fully saturated rings. The maximum absolute atomic E-state index is 11.8. The summed E-state index contributed by atoms with van der Waals surface area (Å²) in [7, 11) is 3.43. The second-order valence-electron chi connectivity index (χ2n) is 4.98. The zero-order chi connectivity index (χ0) is 15.2. The molecule has 0 radical (unpaired) electrons. The number of aromatic nitrogens is 1. The van der Waals surface area contributed by atoms with Crippen LogP contribution in [0.5, 0.6) is 0 Å². The average Bonchev–Trinajstić information content (AvgIpc) is 2.53. The number of hydrogen-bond acceptors (Lipinski definition) is 4. The Morgan fingerprint density at radius 3 is 2.48 bits per heavy atom. The number of carbonyl (C=O) groups is 1. The van der Waals surface area contributed by atoms with Crippen LogP contribution in [0.25, 0.3) is 0 Å². The highest BCUT2D eigenvalue weighted by Crippen LogP contribution is 2.17. The molecule has 2 rings (SSSR count). The average molecular weight is 284 g/mol. The summed E-state index contributed by atoms with van der Waals surface area (Å²) in [6.45, 7) is 0.462. The van der Waals surface area contributed by atoms with Crippen LogP contribution in [0, 0.1) is 0 Å². The highest BCUT2D eigenvalue weighted by Gasteiger charge is 2.11. The number of nitrogens with zero attached hydrogens (tertiary/aromatic N) is 2. The topological polar surface area (TPSA) is 71.2 Å². The highest BCUT2D eigenvalue weighted by atomic mass is 16.2. The first-order valence-electron chi connectivity index (χ1n) is 6.81. The fourth-order valence-corrected chi connectivity index (χ4v) is 2.01. The molecule has 1 amide bonds. The van der Waals surface area contributed by atoms with Gasteiger partial charge in [0.05, 0.1) is 11.6 Å². The summed E-state index contributed by atoms with van der Waals surface area (Å²) in [5.41, 5.74) is 7.49. The molecule has 1 atom stereocenters. The summed E-state index contributed by atoms with van der Waals surface area (Å²) in [4.78, 5) is 17.6. The summed E-state index contributed by atoms with van der Waals surface area (Å²) in [5.74, 6) is 0.636. The van der Waals surface area contributed by atoms with Crippen molar-refractivity contribution in [3.8, 4) is 0 Å². The molecule has 21 heavy (non-hydrogen) atoms. The third kappa shape index (κ3) is 3.79. The van der Waals surface area contributed by atoms with Crippen LogP contribution in [0.3, 0.4) is 0 Å². The number of anilines is 1. The van der Waals surface area contributed by atoms with E-state index in [2.05, 4.69) is 10.3 Å². The molecule has 0 aliphatic rings. The minimum Gasteiger partial charge on any atom is -0.362 e. The quantitative estimate of drug-likeness (QED) is 0.879. The molecule has 0 saturated carbocycles. The van der Waals surface area contributed by atoms with Crippen LogP contribution in [-0.4, -0.2) is 36.4 Å². The molecule has 1 unspecified atom stereocenters. The van der Waals surface area contributed by atoms with Gasteiger partial charge in [0.1, 0.15) is 5.82 Å². The van der Waals surface area contributed by atoms with E-state index in [1.165, 1.54) is 4.90 Å². The molecular formula is C16H20N4O. The molecule has 2 aromatic rings.